The van der Waals surface area contributed by atoms with Gasteiger partial charge in [-0.2, -0.15) is 0 Å². The summed E-state index contributed by atoms with van der Waals surface area (Å²) in [4.78, 5) is 0. The lowest BCUT2D eigenvalue weighted by Crippen LogP contribution is -2.01. The third-order valence-corrected chi connectivity index (χ3v) is 3.65. The van der Waals surface area contributed by atoms with Crippen LogP contribution >= 0.6 is 15.9 Å². The molecular formula is C15H15BrO3. The van der Waals surface area contributed by atoms with Crippen molar-refractivity contribution in [2.24, 2.45) is 0 Å². The van der Waals surface area contributed by atoms with Gasteiger partial charge in [0.15, 0.2) is 0 Å². The summed E-state index contributed by atoms with van der Waals surface area (Å²) in [7, 11) is 3.22. The topological polar surface area (TPSA) is 38.7 Å². The number of hydrogen-bond donors (Lipinski definition) is 1. The number of hydrogen-bond acceptors (Lipinski definition) is 3. The second-order valence-corrected chi connectivity index (χ2v) is 4.92. The minimum absolute atomic E-state index is 0.713. The third kappa shape index (κ3) is 3.08. The lowest BCUT2D eigenvalue weighted by molar-refractivity contribution is 0.219. The second-order valence-electron chi connectivity index (χ2n) is 4.06. The third-order valence-electron chi connectivity index (χ3n) is 2.93. The molecule has 2 rings (SSSR count). The fourth-order valence-corrected chi connectivity index (χ4v) is 2.29. The molecule has 19 heavy (non-hydrogen) atoms. The number of rotatable bonds is 4. The fraction of sp³-hybridized carbons (Fsp3) is 0.200. The van der Waals surface area contributed by atoms with Crippen molar-refractivity contribution in [2.45, 2.75) is 6.10 Å². The maximum atomic E-state index is 10.4. The highest BCUT2D eigenvalue weighted by Crippen LogP contribution is 2.32. The fourth-order valence-electron chi connectivity index (χ4n) is 1.82. The van der Waals surface area contributed by atoms with E-state index < -0.39 is 6.10 Å². The minimum atomic E-state index is -0.713. The lowest BCUT2D eigenvalue weighted by atomic mass is 10.0. The molecule has 2 aromatic rings. The lowest BCUT2D eigenvalue weighted by Gasteiger charge is -2.15. The Bertz CT molecular complexity index is 552. The average Bonchev–Trinajstić information content (AvgIpc) is 2.47. The normalized spacial score (nSPS) is 12.0. The van der Waals surface area contributed by atoms with Gasteiger partial charge in [-0.15, -0.1) is 0 Å². The molecule has 0 bridgehead atoms. The first kappa shape index (κ1) is 13.9. The van der Waals surface area contributed by atoms with Gasteiger partial charge in [-0.1, -0.05) is 28.1 Å². The van der Waals surface area contributed by atoms with E-state index in [1.54, 1.807) is 14.2 Å². The first-order valence-corrected chi connectivity index (χ1v) is 6.60. The molecule has 4 heteroatoms. The van der Waals surface area contributed by atoms with E-state index in [0.717, 1.165) is 21.3 Å². The predicted molar refractivity (Wildman–Crippen MR) is 77.7 cm³/mol. The standard InChI is InChI=1S/C15H15BrO3/c1-18-11-5-3-10(4-6-11)15(17)13-9-12(19-2)7-8-14(13)16/h3-9,15,17H,1-2H3. The Morgan fingerprint density at radius 3 is 2.11 bits per heavy atom. The van der Waals surface area contributed by atoms with E-state index >= 15 is 0 Å². The monoisotopic (exact) mass is 322 g/mol. The summed E-state index contributed by atoms with van der Waals surface area (Å²) >= 11 is 3.45. The molecule has 0 spiro atoms. The quantitative estimate of drug-likeness (QED) is 0.935. The highest BCUT2D eigenvalue weighted by molar-refractivity contribution is 9.10. The summed E-state index contributed by atoms with van der Waals surface area (Å²) < 4.78 is 11.1. The summed E-state index contributed by atoms with van der Waals surface area (Å²) in [6.07, 6.45) is -0.713. The maximum Gasteiger partial charge on any atom is 0.119 e. The van der Waals surface area contributed by atoms with Crippen molar-refractivity contribution in [1.29, 1.82) is 0 Å². The Hall–Kier alpha value is -1.52. The van der Waals surface area contributed by atoms with Crippen molar-refractivity contribution < 1.29 is 14.6 Å². The molecule has 0 aliphatic rings. The van der Waals surface area contributed by atoms with Gasteiger partial charge < -0.3 is 14.6 Å². The summed E-state index contributed by atoms with van der Waals surface area (Å²) in [6, 6.07) is 12.9. The van der Waals surface area contributed by atoms with Crippen molar-refractivity contribution in [3.63, 3.8) is 0 Å². The summed E-state index contributed by atoms with van der Waals surface area (Å²) in [5, 5.41) is 10.4. The Kier molecular flexibility index (Phi) is 4.45. The van der Waals surface area contributed by atoms with Gasteiger partial charge in [0, 0.05) is 10.0 Å². The predicted octanol–water partition coefficient (Wildman–Crippen LogP) is 3.55. The van der Waals surface area contributed by atoms with E-state index in [4.69, 9.17) is 9.47 Å². The molecule has 2 aromatic carbocycles. The van der Waals surface area contributed by atoms with Crippen molar-refractivity contribution in [1.82, 2.24) is 0 Å². The SMILES string of the molecule is COc1ccc(C(O)c2cc(OC)ccc2Br)cc1. The van der Waals surface area contributed by atoms with Gasteiger partial charge in [0.05, 0.1) is 14.2 Å². The first-order valence-electron chi connectivity index (χ1n) is 5.81. The van der Waals surface area contributed by atoms with Crippen LogP contribution in [0.15, 0.2) is 46.9 Å². The van der Waals surface area contributed by atoms with Crippen LogP contribution in [0.1, 0.15) is 17.2 Å². The molecule has 0 radical (unpaired) electrons. The van der Waals surface area contributed by atoms with Crippen LogP contribution < -0.4 is 9.47 Å². The Labute approximate surface area is 120 Å². The van der Waals surface area contributed by atoms with Crippen molar-refractivity contribution in [3.8, 4) is 11.5 Å². The van der Waals surface area contributed by atoms with Crippen LogP contribution in [0.5, 0.6) is 11.5 Å². The highest BCUT2D eigenvalue weighted by atomic mass is 79.9. The summed E-state index contributed by atoms with van der Waals surface area (Å²) in [5.74, 6) is 1.48. The zero-order valence-electron chi connectivity index (χ0n) is 10.8. The molecule has 3 nitrogen and oxygen atoms in total. The molecule has 0 aliphatic heterocycles. The largest absolute Gasteiger partial charge is 0.497 e. The van der Waals surface area contributed by atoms with Crippen LogP contribution in [0.2, 0.25) is 0 Å². The van der Waals surface area contributed by atoms with Crippen LogP contribution in [-0.4, -0.2) is 19.3 Å². The van der Waals surface area contributed by atoms with E-state index in [9.17, 15) is 5.11 Å². The van der Waals surface area contributed by atoms with E-state index in [1.807, 2.05) is 42.5 Å². The number of methoxy groups -OCH3 is 2. The molecule has 0 amide bonds. The molecule has 0 saturated heterocycles. The molecule has 1 atom stereocenters. The molecular weight excluding hydrogens is 308 g/mol. The molecule has 0 aromatic heterocycles. The molecule has 1 unspecified atom stereocenters. The van der Waals surface area contributed by atoms with Gasteiger partial charge in [-0.25, -0.2) is 0 Å². The minimum Gasteiger partial charge on any atom is -0.497 e. The smallest absolute Gasteiger partial charge is 0.119 e. The van der Waals surface area contributed by atoms with E-state index in [1.165, 1.54) is 0 Å². The van der Waals surface area contributed by atoms with Crippen LogP contribution in [0.3, 0.4) is 0 Å². The van der Waals surface area contributed by atoms with E-state index in [0.29, 0.717) is 5.75 Å². The summed E-state index contributed by atoms with van der Waals surface area (Å²) in [5.41, 5.74) is 1.57. The number of aliphatic hydroxyl groups is 1. The molecule has 0 saturated carbocycles. The van der Waals surface area contributed by atoms with Crippen LogP contribution in [-0.2, 0) is 0 Å². The Morgan fingerprint density at radius 1 is 0.947 bits per heavy atom. The van der Waals surface area contributed by atoms with Crippen LogP contribution in [0.25, 0.3) is 0 Å². The average molecular weight is 323 g/mol. The number of benzene rings is 2. The van der Waals surface area contributed by atoms with Gasteiger partial charge in [-0.3, -0.25) is 0 Å². The van der Waals surface area contributed by atoms with E-state index in [2.05, 4.69) is 15.9 Å². The zero-order chi connectivity index (χ0) is 13.8. The molecule has 1 N–H and O–H groups in total. The van der Waals surface area contributed by atoms with Gasteiger partial charge in [-0.05, 0) is 35.9 Å². The molecule has 0 aliphatic carbocycles. The molecule has 100 valence electrons. The van der Waals surface area contributed by atoms with Gasteiger partial charge in [0.2, 0.25) is 0 Å². The Balaban J connectivity index is 2.34. The molecule has 0 fully saturated rings. The Morgan fingerprint density at radius 2 is 1.53 bits per heavy atom. The van der Waals surface area contributed by atoms with Crippen molar-refractivity contribution in [2.75, 3.05) is 14.2 Å². The second kappa shape index (κ2) is 6.08. The summed E-state index contributed by atoms with van der Waals surface area (Å²) in [6.45, 7) is 0. The maximum absolute atomic E-state index is 10.4. The first-order chi connectivity index (χ1) is 9.15. The van der Waals surface area contributed by atoms with Crippen LogP contribution in [0.4, 0.5) is 0 Å². The highest BCUT2D eigenvalue weighted by Gasteiger charge is 2.14. The molecule has 0 heterocycles. The van der Waals surface area contributed by atoms with Crippen molar-refractivity contribution >= 4 is 15.9 Å². The number of aliphatic hydroxyl groups excluding tert-OH is 1. The van der Waals surface area contributed by atoms with Crippen LogP contribution in [0, 0.1) is 0 Å². The zero-order valence-corrected chi connectivity index (χ0v) is 12.3. The number of ether oxygens (including phenoxy) is 2. The van der Waals surface area contributed by atoms with Gasteiger partial charge in [0.25, 0.3) is 0 Å². The van der Waals surface area contributed by atoms with E-state index in [-0.39, 0.29) is 0 Å². The van der Waals surface area contributed by atoms with Gasteiger partial charge >= 0.3 is 0 Å². The van der Waals surface area contributed by atoms with Crippen molar-refractivity contribution in [3.05, 3.63) is 58.1 Å². The number of halogens is 1. The van der Waals surface area contributed by atoms with Gasteiger partial charge in [0.1, 0.15) is 17.6 Å².